The standard InChI is InChI=1S/C25H33FN3O9P/c1-14(2)36-22(32)16(4)28-39(34,38-17-9-7-6-8-10-17)35-12-18-24(5)25(18,13-30)19(26)21(37-24)29-11-15(3)20(31)27-23(29)33/h6-11,14,16,18-19,21,30H,12-13H2,1-5H3,(H,28,34)(H,27,31,33)/t16-,18-,19?,21+,24?,25?,39?/m0/s1. The van der Waals surface area contributed by atoms with Crippen LogP contribution in [0.25, 0.3) is 0 Å². The summed E-state index contributed by atoms with van der Waals surface area (Å²) in [6.45, 7) is 6.79. The van der Waals surface area contributed by atoms with Crippen molar-refractivity contribution >= 4 is 13.7 Å². The lowest BCUT2D eigenvalue weighted by atomic mass is 9.96. The van der Waals surface area contributed by atoms with Crippen molar-refractivity contribution in [1.29, 1.82) is 0 Å². The molecule has 0 bridgehead atoms. The summed E-state index contributed by atoms with van der Waals surface area (Å²) < 4.78 is 53.1. The van der Waals surface area contributed by atoms with Gasteiger partial charge in [0.2, 0.25) is 0 Å². The summed E-state index contributed by atoms with van der Waals surface area (Å²) in [6.07, 6.45) is -2.48. The van der Waals surface area contributed by atoms with E-state index in [2.05, 4.69) is 10.1 Å². The van der Waals surface area contributed by atoms with Crippen molar-refractivity contribution < 1.29 is 37.4 Å². The number of benzene rings is 1. The van der Waals surface area contributed by atoms with E-state index in [0.717, 1.165) is 4.57 Å². The van der Waals surface area contributed by atoms with E-state index in [4.69, 9.17) is 18.5 Å². The average molecular weight is 570 g/mol. The van der Waals surface area contributed by atoms with Crippen molar-refractivity contribution in [2.75, 3.05) is 13.2 Å². The van der Waals surface area contributed by atoms with E-state index in [1.165, 1.54) is 20.0 Å². The number of para-hydroxylation sites is 1. The van der Waals surface area contributed by atoms with Gasteiger partial charge >= 0.3 is 19.4 Å². The van der Waals surface area contributed by atoms with Gasteiger partial charge in [-0.2, -0.15) is 5.09 Å². The molecule has 0 amide bonds. The van der Waals surface area contributed by atoms with Gasteiger partial charge in [0.15, 0.2) is 12.4 Å². The number of aromatic nitrogens is 2. The van der Waals surface area contributed by atoms with Crippen molar-refractivity contribution in [2.24, 2.45) is 11.3 Å². The van der Waals surface area contributed by atoms with Gasteiger partial charge in [0.25, 0.3) is 5.56 Å². The third-order valence-corrected chi connectivity index (χ3v) is 9.00. The number of esters is 1. The number of halogens is 1. The molecule has 1 aromatic carbocycles. The lowest BCUT2D eigenvalue weighted by Gasteiger charge is -2.26. The smallest absolute Gasteiger partial charge is 0.459 e. The van der Waals surface area contributed by atoms with Crippen LogP contribution in [0.2, 0.25) is 0 Å². The van der Waals surface area contributed by atoms with Gasteiger partial charge in [-0.15, -0.1) is 0 Å². The molecule has 2 heterocycles. The maximum Gasteiger partial charge on any atom is 0.459 e. The van der Waals surface area contributed by atoms with Gasteiger partial charge in [0.1, 0.15) is 11.8 Å². The molecule has 1 saturated heterocycles. The molecule has 2 fully saturated rings. The first-order chi connectivity index (χ1) is 18.3. The second-order valence-corrected chi connectivity index (χ2v) is 12.0. The molecule has 0 radical (unpaired) electrons. The third kappa shape index (κ3) is 5.21. The number of rotatable bonds is 11. The summed E-state index contributed by atoms with van der Waals surface area (Å²) in [4.78, 5) is 38.6. The van der Waals surface area contributed by atoms with Crippen molar-refractivity contribution in [3.63, 3.8) is 0 Å². The number of ether oxygens (including phenoxy) is 2. The number of carbonyl (C=O) groups is 1. The first-order valence-corrected chi connectivity index (χ1v) is 14.0. The summed E-state index contributed by atoms with van der Waals surface area (Å²) in [5.41, 5.74) is -4.05. The number of nitrogens with one attached hydrogen (secondary N) is 2. The third-order valence-electron chi connectivity index (χ3n) is 7.35. The summed E-state index contributed by atoms with van der Waals surface area (Å²) in [5.74, 6) is -1.26. The van der Waals surface area contributed by atoms with Gasteiger partial charge in [-0.05, 0) is 46.8 Å². The molecule has 4 rings (SSSR count). The van der Waals surface area contributed by atoms with Crippen LogP contribution in [0.15, 0.2) is 46.1 Å². The predicted octanol–water partition coefficient (Wildman–Crippen LogP) is 2.21. The zero-order chi connectivity index (χ0) is 28.8. The number of aliphatic hydroxyl groups excluding tert-OH is 1. The van der Waals surface area contributed by atoms with Gasteiger partial charge in [0.05, 0.1) is 30.3 Å². The van der Waals surface area contributed by atoms with E-state index in [1.54, 1.807) is 51.1 Å². The van der Waals surface area contributed by atoms with Gasteiger partial charge in [-0.3, -0.25) is 23.7 Å². The van der Waals surface area contributed by atoms with Crippen molar-refractivity contribution in [3.8, 4) is 5.75 Å². The molecule has 1 saturated carbocycles. The minimum absolute atomic E-state index is 0.184. The molecule has 3 N–H and O–H groups in total. The molecule has 214 valence electrons. The van der Waals surface area contributed by atoms with Crippen LogP contribution >= 0.6 is 7.75 Å². The molecule has 14 heteroatoms. The van der Waals surface area contributed by atoms with Crippen LogP contribution in [-0.4, -0.2) is 57.8 Å². The minimum Gasteiger partial charge on any atom is -0.462 e. The number of fused-ring (bicyclic) bond motifs is 1. The Morgan fingerprint density at radius 2 is 1.95 bits per heavy atom. The first kappa shape index (κ1) is 29.2. The maximum atomic E-state index is 15.9. The Hall–Kier alpha value is -2.83. The van der Waals surface area contributed by atoms with E-state index in [1.807, 2.05) is 0 Å². The summed E-state index contributed by atoms with van der Waals surface area (Å²) in [6, 6.07) is 7.07. The van der Waals surface area contributed by atoms with E-state index in [0.29, 0.717) is 0 Å². The number of aromatic amines is 1. The number of nitrogens with zero attached hydrogens (tertiary/aromatic N) is 1. The molecular weight excluding hydrogens is 536 g/mol. The van der Waals surface area contributed by atoms with Gasteiger partial charge < -0.3 is 19.1 Å². The molecule has 0 spiro atoms. The van der Waals surface area contributed by atoms with E-state index in [-0.39, 0.29) is 17.9 Å². The Labute approximate surface area is 224 Å². The molecule has 2 aliphatic rings. The number of alkyl halides is 1. The summed E-state index contributed by atoms with van der Waals surface area (Å²) in [7, 11) is -4.24. The Balaban J connectivity index is 1.54. The zero-order valence-corrected chi connectivity index (χ0v) is 23.1. The Kier molecular flexibility index (Phi) is 7.94. The summed E-state index contributed by atoms with van der Waals surface area (Å²) in [5, 5.41) is 12.8. The van der Waals surface area contributed by atoms with Gasteiger partial charge in [-0.25, -0.2) is 13.8 Å². The van der Waals surface area contributed by atoms with Crippen LogP contribution < -0.4 is 20.9 Å². The van der Waals surface area contributed by atoms with Crippen LogP contribution in [0.4, 0.5) is 4.39 Å². The number of hydrogen-bond acceptors (Lipinski definition) is 9. The topological polar surface area (TPSA) is 158 Å². The Bertz CT molecular complexity index is 1380. The van der Waals surface area contributed by atoms with Crippen molar-refractivity contribution in [2.45, 2.75) is 64.8 Å². The normalized spacial score (nSPS) is 29.9. The molecule has 2 aromatic rings. The number of aliphatic hydroxyl groups is 1. The molecule has 4 unspecified atom stereocenters. The second kappa shape index (κ2) is 10.6. The van der Waals surface area contributed by atoms with E-state index >= 15 is 4.39 Å². The monoisotopic (exact) mass is 569 g/mol. The molecule has 12 nitrogen and oxygen atoms in total. The van der Waals surface area contributed by atoms with Crippen LogP contribution in [-0.2, 0) is 23.4 Å². The van der Waals surface area contributed by atoms with Crippen molar-refractivity contribution in [1.82, 2.24) is 14.6 Å². The van der Waals surface area contributed by atoms with Gasteiger partial charge in [-0.1, -0.05) is 18.2 Å². The maximum absolute atomic E-state index is 15.9. The van der Waals surface area contributed by atoms with Crippen LogP contribution in [0.3, 0.4) is 0 Å². The lowest BCUT2D eigenvalue weighted by molar-refractivity contribution is -0.149. The quantitative estimate of drug-likeness (QED) is 0.271. The van der Waals surface area contributed by atoms with E-state index < -0.39 is 73.1 Å². The molecular formula is C25H33FN3O9P. The molecule has 1 aliphatic heterocycles. The number of aryl methyl sites for hydroxylation is 1. The van der Waals surface area contributed by atoms with Crippen molar-refractivity contribution in [3.05, 3.63) is 62.9 Å². The lowest BCUT2D eigenvalue weighted by Crippen LogP contribution is -2.39. The Morgan fingerprint density at radius 1 is 1.28 bits per heavy atom. The summed E-state index contributed by atoms with van der Waals surface area (Å²) >= 11 is 0. The van der Waals surface area contributed by atoms with Crippen LogP contribution in [0.5, 0.6) is 5.75 Å². The number of H-pyrrole nitrogens is 1. The highest BCUT2D eigenvalue weighted by Gasteiger charge is 2.85. The van der Waals surface area contributed by atoms with Crippen LogP contribution in [0.1, 0.15) is 39.5 Å². The highest BCUT2D eigenvalue weighted by molar-refractivity contribution is 7.52. The van der Waals surface area contributed by atoms with Crippen LogP contribution in [0, 0.1) is 18.3 Å². The number of hydrogen-bond donors (Lipinski definition) is 3. The largest absolute Gasteiger partial charge is 0.462 e. The fraction of sp³-hybridized carbons (Fsp3) is 0.560. The fourth-order valence-electron chi connectivity index (χ4n) is 5.15. The molecule has 39 heavy (non-hydrogen) atoms. The number of carbonyl (C=O) groups excluding carboxylic acids is 1. The molecule has 7 atom stereocenters. The van der Waals surface area contributed by atoms with E-state index in [9.17, 15) is 24.1 Å². The molecule has 1 aromatic heterocycles. The Morgan fingerprint density at radius 3 is 2.54 bits per heavy atom. The molecule has 1 aliphatic carbocycles. The first-order valence-electron chi connectivity index (χ1n) is 12.5. The predicted molar refractivity (Wildman–Crippen MR) is 137 cm³/mol. The van der Waals surface area contributed by atoms with Gasteiger partial charge in [0, 0.05) is 17.7 Å². The second-order valence-electron chi connectivity index (χ2n) is 10.3. The highest BCUT2D eigenvalue weighted by Crippen LogP contribution is 2.74. The minimum atomic E-state index is -4.24. The average Bonchev–Trinajstić information content (AvgIpc) is 3.30. The fourth-order valence-corrected chi connectivity index (χ4v) is 6.66. The zero-order valence-electron chi connectivity index (χ0n) is 22.3. The SMILES string of the molecule is Cc1cn([C@@H]2OC3(C)[C@H](COP(=O)(N[C@@H](C)C(=O)OC(C)C)Oc4ccccc4)C3(CO)C2F)c(=O)[nH]c1=O. The highest BCUT2D eigenvalue weighted by atomic mass is 31.2.